The van der Waals surface area contributed by atoms with E-state index in [4.69, 9.17) is 0 Å². The highest BCUT2D eigenvalue weighted by molar-refractivity contribution is 5.88. The molecule has 1 heterocycles. The third-order valence-corrected chi connectivity index (χ3v) is 5.27. The zero-order valence-electron chi connectivity index (χ0n) is 14.4. The number of nitrogens with one attached hydrogen (secondary N) is 1. The molecule has 0 saturated heterocycles. The summed E-state index contributed by atoms with van der Waals surface area (Å²) in [4.78, 5) is 26.6. The molecule has 1 aromatic rings. The van der Waals surface area contributed by atoms with Gasteiger partial charge in [-0.1, -0.05) is 43.5 Å². The van der Waals surface area contributed by atoms with Crippen LogP contribution in [-0.4, -0.2) is 36.2 Å². The minimum absolute atomic E-state index is 0.0734. The Balaban J connectivity index is 1.45. The van der Waals surface area contributed by atoms with E-state index in [2.05, 4.69) is 34.5 Å². The average Bonchev–Trinajstić information content (AvgIpc) is 2.82. The van der Waals surface area contributed by atoms with E-state index in [1.807, 2.05) is 0 Å². The molecule has 0 atom stereocenters. The Labute approximate surface area is 144 Å². The molecule has 1 fully saturated rings. The normalized spacial score (nSPS) is 19.3. The molecule has 130 valence electrons. The minimum Gasteiger partial charge on any atom is -0.349 e. The number of amides is 1. The molecule has 4 nitrogen and oxygen atoms in total. The number of rotatable bonds is 5. The Morgan fingerprint density at radius 3 is 2.58 bits per heavy atom. The molecule has 24 heavy (non-hydrogen) atoms. The molecule has 0 unspecified atom stereocenters. The van der Waals surface area contributed by atoms with Crippen molar-refractivity contribution >= 4 is 11.7 Å². The topological polar surface area (TPSA) is 49.4 Å². The van der Waals surface area contributed by atoms with Crippen LogP contribution in [0, 0.1) is 5.92 Å². The molecule has 1 aromatic carbocycles. The monoisotopic (exact) mass is 328 g/mol. The van der Waals surface area contributed by atoms with Gasteiger partial charge in [0.1, 0.15) is 0 Å². The van der Waals surface area contributed by atoms with Gasteiger partial charge in [-0.05, 0) is 43.4 Å². The quantitative estimate of drug-likeness (QED) is 0.904. The van der Waals surface area contributed by atoms with Crippen molar-refractivity contribution in [2.45, 2.75) is 51.5 Å². The van der Waals surface area contributed by atoms with Crippen LogP contribution in [0.2, 0.25) is 0 Å². The maximum absolute atomic E-state index is 12.3. The number of benzene rings is 1. The van der Waals surface area contributed by atoms with E-state index >= 15 is 0 Å². The Hall–Kier alpha value is -1.68. The van der Waals surface area contributed by atoms with E-state index in [9.17, 15) is 9.59 Å². The van der Waals surface area contributed by atoms with Gasteiger partial charge in [0.2, 0.25) is 5.91 Å². The van der Waals surface area contributed by atoms with Crippen LogP contribution in [0.1, 0.15) is 49.7 Å². The van der Waals surface area contributed by atoms with Gasteiger partial charge in [-0.25, -0.2) is 0 Å². The van der Waals surface area contributed by atoms with Crippen molar-refractivity contribution in [3.05, 3.63) is 35.4 Å². The first kappa shape index (κ1) is 17.2. The Bertz CT molecular complexity index is 579. The number of aryl methyl sites for hydroxylation is 1. The molecule has 1 N–H and O–H groups in total. The van der Waals surface area contributed by atoms with E-state index < -0.39 is 0 Å². The number of hydrogen-bond acceptors (Lipinski definition) is 3. The van der Waals surface area contributed by atoms with Gasteiger partial charge >= 0.3 is 0 Å². The lowest BCUT2D eigenvalue weighted by molar-refractivity contribution is -0.129. The molecule has 0 aromatic heterocycles. The van der Waals surface area contributed by atoms with Crippen LogP contribution in [0.5, 0.6) is 0 Å². The van der Waals surface area contributed by atoms with Crippen LogP contribution in [-0.2, 0) is 22.6 Å². The zero-order valence-corrected chi connectivity index (χ0v) is 14.4. The summed E-state index contributed by atoms with van der Waals surface area (Å²) in [5.41, 5.74) is 2.73. The summed E-state index contributed by atoms with van der Waals surface area (Å²) in [5, 5.41) is 2.86. The van der Waals surface area contributed by atoms with Gasteiger partial charge in [-0.15, -0.1) is 0 Å². The van der Waals surface area contributed by atoms with Crippen LogP contribution < -0.4 is 5.32 Å². The minimum atomic E-state index is 0.0734. The van der Waals surface area contributed by atoms with Gasteiger partial charge in [0, 0.05) is 12.5 Å². The molecular formula is C20H28N2O2. The number of nitrogens with zero attached hydrogens (tertiary/aromatic N) is 1. The fraction of sp³-hybridized carbons (Fsp3) is 0.600. The van der Waals surface area contributed by atoms with Crippen molar-refractivity contribution in [3.8, 4) is 0 Å². The molecule has 1 saturated carbocycles. The maximum atomic E-state index is 12.3. The van der Waals surface area contributed by atoms with Gasteiger partial charge in [-0.3, -0.25) is 14.5 Å². The van der Waals surface area contributed by atoms with Gasteiger partial charge in [-0.2, -0.15) is 0 Å². The largest absolute Gasteiger partial charge is 0.349 e. The second-order valence-corrected chi connectivity index (χ2v) is 7.17. The third-order valence-electron chi connectivity index (χ3n) is 5.27. The number of carbonyl (C=O) groups is 2. The van der Waals surface area contributed by atoms with Crippen molar-refractivity contribution in [2.24, 2.45) is 5.92 Å². The highest BCUT2D eigenvalue weighted by Gasteiger charge is 2.22. The summed E-state index contributed by atoms with van der Waals surface area (Å²) < 4.78 is 0. The van der Waals surface area contributed by atoms with Crippen LogP contribution in [0.4, 0.5) is 0 Å². The van der Waals surface area contributed by atoms with Crippen LogP contribution >= 0.6 is 0 Å². The fourth-order valence-corrected chi connectivity index (χ4v) is 3.90. The summed E-state index contributed by atoms with van der Waals surface area (Å²) in [6.45, 7) is 2.38. The molecule has 0 bridgehead atoms. The van der Waals surface area contributed by atoms with Crippen molar-refractivity contribution in [2.75, 3.05) is 19.6 Å². The predicted molar refractivity (Wildman–Crippen MR) is 94.6 cm³/mol. The molecule has 1 aliphatic carbocycles. The summed E-state index contributed by atoms with van der Waals surface area (Å²) in [6, 6.07) is 8.49. The lowest BCUT2D eigenvalue weighted by atomic mass is 9.89. The summed E-state index contributed by atoms with van der Waals surface area (Å²) in [6.07, 6.45) is 7.63. The van der Waals surface area contributed by atoms with Gasteiger partial charge in [0.15, 0.2) is 5.78 Å². The fourth-order valence-electron chi connectivity index (χ4n) is 3.90. The second-order valence-electron chi connectivity index (χ2n) is 7.17. The molecule has 0 radical (unpaired) electrons. The highest BCUT2D eigenvalue weighted by Crippen LogP contribution is 2.23. The second kappa shape index (κ2) is 8.43. The standard InChI is InChI=1S/C20H28N2O2/c23-19(13-21-20(24)17-8-2-1-3-9-17)15-22-12-6-11-16-7-4-5-10-18(16)14-22/h4-5,7,10,17H,1-3,6,8-9,11-15H2,(H,21,24). The first-order valence-electron chi connectivity index (χ1n) is 9.31. The van der Waals surface area contributed by atoms with Crippen molar-refractivity contribution in [1.29, 1.82) is 0 Å². The Kier molecular flexibility index (Phi) is 6.02. The number of fused-ring (bicyclic) bond motifs is 1. The zero-order chi connectivity index (χ0) is 16.8. The first-order valence-corrected chi connectivity index (χ1v) is 9.31. The molecular weight excluding hydrogens is 300 g/mol. The molecule has 0 spiro atoms. The van der Waals surface area contributed by atoms with Crippen LogP contribution in [0.3, 0.4) is 0 Å². The van der Waals surface area contributed by atoms with Crippen molar-refractivity contribution in [3.63, 3.8) is 0 Å². The number of Topliss-reactive ketones (excluding diaryl/α,β-unsaturated/α-hetero) is 1. The van der Waals surface area contributed by atoms with Gasteiger partial charge in [0.05, 0.1) is 13.1 Å². The number of ketones is 1. The number of hydrogen-bond donors (Lipinski definition) is 1. The van der Waals surface area contributed by atoms with E-state index in [0.717, 1.165) is 51.6 Å². The van der Waals surface area contributed by atoms with Crippen LogP contribution in [0.15, 0.2) is 24.3 Å². The summed E-state index contributed by atoms with van der Waals surface area (Å²) >= 11 is 0. The predicted octanol–water partition coefficient (Wildman–Crippen LogP) is 2.70. The number of carbonyl (C=O) groups excluding carboxylic acids is 2. The summed E-state index contributed by atoms with van der Waals surface area (Å²) in [7, 11) is 0. The van der Waals surface area contributed by atoms with E-state index in [-0.39, 0.29) is 24.2 Å². The molecule has 1 aliphatic heterocycles. The Morgan fingerprint density at radius 1 is 1.04 bits per heavy atom. The molecule has 4 heteroatoms. The lowest BCUT2D eigenvalue weighted by Crippen LogP contribution is -2.39. The lowest BCUT2D eigenvalue weighted by Gasteiger charge is -2.22. The van der Waals surface area contributed by atoms with E-state index in [1.165, 1.54) is 17.5 Å². The average molecular weight is 328 g/mol. The van der Waals surface area contributed by atoms with E-state index in [1.54, 1.807) is 0 Å². The van der Waals surface area contributed by atoms with Gasteiger partial charge < -0.3 is 5.32 Å². The molecule has 1 amide bonds. The first-order chi connectivity index (χ1) is 11.7. The smallest absolute Gasteiger partial charge is 0.223 e. The van der Waals surface area contributed by atoms with Crippen LogP contribution in [0.25, 0.3) is 0 Å². The third kappa shape index (κ3) is 4.67. The van der Waals surface area contributed by atoms with E-state index in [0.29, 0.717) is 6.54 Å². The maximum Gasteiger partial charge on any atom is 0.223 e. The Morgan fingerprint density at radius 2 is 1.79 bits per heavy atom. The SMILES string of the molecule is O=C(CNC(=O)C1CCCCC1)CN1CCCc2ccccc2C1. The molecule has 2 aliphatic rings. The highest BCUT2D eigenvalue weighted by atomic mass is 16.2. The van der Waals surface area contributed by atoms with Crippen molar-refractivity contribution < 1.29 is 9.59 Å². The summed E-state index contributed by atoms with van der Waals surface area (Å²) in [5.74, 6) is 0.305. The van der Waals surface area contributed by atoms with Crippen molar-refractivity contribution in [1.82, 2.24) is 10.2 Å². The van der Waals surface area contributed by atoms with Gasteiger partial charge in [0.25, 0.3) is 0 Å². The molecule has 3 rings (SSSR count).